The van der Waals surface area contributed by atoms with Crippen LogP contribution >= 0.6 is 15.9 Å². The molecule has 2 rings (SSSR count). The molecule has 0 unspecified atom stereocenters. The summed E-state index contributed by atoms with van der Waals surface area (Å²) in [6, 6.07) is 9.47. The molecule has 0 atom stereocenters. The van der Waals surface area contributed by atoms with E-state index in [0.29, 0.717) is 18.4 Å². The minimum absolute atomic E-state index is 0.188. The van der Waals surface area contributed by atoms with Crippen molar-refractivity contribution in [1.82, 2.24) is 10.2 Å². The first kappa shape index (κ1) is 14.0. The largest absolute Gasteiger partial charge is 0.334 e. The Hall–Kier alpha value is -1.38. The lowest BCUT2D eigenvalue weighted by Gasteiger charge is -2.36. The van der Waals surface area contributed by atoms with Crippen molar-refractivity contribution in [2.75, 3.05) is 20.1 Å². The van der Waals surface area contributed by atoms with Crippen molar-refractivity contribution in [3.05, 3.63) is 34.3 Å². The molecule has 1 saturated heterocycles. The van der Waals surface area contributed by atoms with E-state index in [1.807, 2.05) is 19.2 Å². The van der Waals surface area contributed by atoms with Crippen molar-refractivity contribution >= 4 is 21.8 Å². The molecule has 0 spiro atoms. The van der Waals surface area contributed by atoms with Crippen LogP contribution in [-0.2, 0) is 0 Å². The molecule has 0 aliphatic carbocycles. The second-order valence-electron chi connectivity index (χ2n) is 4.96. The summed E-state index contributed by atoms with van der Waals surface area (Å²) in [4.78, 5) is 14.4. The smallest absolute Gasteiger partial charge is 0.252 e. The zero-order chi connectivity index (χ0) is 13.9. The highest BCUT2D eigenvalue weighted by Crippen LogP contribution is 2.22. The summed E-state index contributed by atoms with van der Waals surface area (Å²) in [6.07, 6.45) is 1.33. The number of nitrogens with zero attached hydrogens (tertiary/aromatic N) is 2. The fourth-order valence-electron chi connectivity index (χ4n) is 2.18. The number of hydrogen-bond donors (Lipinski definition) is 1. The summed E-state index contributed by atoms with van der Waals surface area (Å²) in [5.41, 5.74) is -0.158. The maximum Gasteiger partial charge on any atom is 0.252 e. The van der Waals surface area contributed by atoms with Crippen molar-refractivity contribution in [2.24, 2.45) is 0 Å². The van der Waals surface area contributed by atoms with E-state index >= 15 is 0 Å². The minimum atomic E-state index is -0.730. The minimum Gasteiger partial charge on any atom is -0.334 e. The number of rotatable bonds is 2. The molecule has 0 radical (unpaired) electrons. The normalized spacial score (nSPS) is 18.6. The summed E-state index contributed by atoms with van der Waals surface area (Å²) in [5, 5.41) is 12.3. The van der Waals surface area contributed by atoms with Crippen LogP contribution in [0.4, 0.5) is 0 Å². The van der Waals surface area contributed by atoms with Crippen LogP contribution in [0.3, 0.4) is 0 Å². The lowest BCUT2D eigenvalue weighted by Crippen LogP contribution is -2.53. The molecule has 0 aromatic heterocycles. The van der Waals surface area contributed by atoms with E-state index in [1.54, 1.807) is 12.1 Å². The van der Waals surface area contributed by atoms with Crippen LogP contribution in [0.5, 0.6) is 0 Å². The molecule has 1 aliphatic heterocycles. The Labute approximate surface area is 121 Å². The Morgan fingerprint density at radius 3 is 2.74 bits per heavy atom. The maximum absolute atomic E-state index is 12.2. The Morgan fingerprint density at radius 1 is 1.47 bits per heavy atom. The zero-order valence-corrected chi connectivity index (χ0v) is 12.4. The van der Waals surface area contributed by atoms with Gasteiger partial charge in [0.1, 0.15) is 5.54 Å². The Morgan fingerprint density at radius 2 is 2.16 bits per heavy atom. The van der Waals surface area contributed by atoms with Gasteiger partial charge in [0.25, 0.3) is 5.91 Å². The molecule has 5 heteroatoms. The first-order chi connectivity index (χ1) is 9.04. The number of nitrogens with one attached hydrogen (secondary N) is 1. The van der Waals surface area contributed by atoms with E-state index in [1.165, 1.54) is 0 Å². The van der Waals surface area contributed by atoms with Gasteiger partial charge in [0.15, 0.2) is 0 Å². The van der Waals surface area contributed by atoms with Gasteiger partial charge in [0.2, 0.25) is 0 Å². The van der Waals surface area contributed by atoms with E-state index in [0.717, 1.165) is 17.6 Å². The molecule has 0 bridgehead atoms. The average Bonchev–Trinajstić information content (AvgIpc) is 2.42. The molecule has 0 saturated carbocycles. The summed E-state index contributed by atoms with van der Waals surface area (Å²) < 4.78 is 0.856. The summed E-state index contributed by atoms with van der Waals surface area (Å²) in [5.74, 6) is -0.188. The maximum atomic E-state index is 12.2. The molecule has 1 aliphatic rings. The highest BCUT2D eigenvalue weighted by molar-refractivity contribution is 9.10. The third kappa shape index (κ3) is 3.34. The van der Waals surface area contributed by atoms with Crippen molar-refractivity contribution < 1.29 is 4.79 Å². The van der Waals surface area contributed by atoms with Crippen molar-refractivity contribution in [2.45, 2.75) is 18.4 Å². The third-order valence-electron chi connectivity index (χ3n) is 3.49. The van der Waals surface area contributed by atoms with Crippen molar-refractivity contribution in [1.29, 1.82) is 5.26 Å². The number of benzene rings is 1. The first-order valence-electron chi connectivity index (χ1n) is 6.22. The van der Waals surface area contributed by atoms with Gasteiger partial charge in [-0.25, -0.2) is 0 Å². The van der Waals surface area contributed by atoms with Gasteiger partial charge in [0.05, 0.1) is 6.07 Å². The van der Waals surface area contributed by atoms with Crippen LogP contribution in [-0.4, -0.2) is 36.5 Å². The monoisotopic (exact) mass is 321 g/mol. The Kier molecular flexibility index (Phi) is 4.23. The zero-order valence-electron chi connectivity index (χ0n) is 10.8. The van der Waals surface area contributed by atoms with Gasteiger partial charge in [-0.2, -0.15) is 5.26 Å². The molecule has 19 heavy (non-hydrogen) atoms. The van der Waals surface area contributed by atoms with Gasteiger partial charge in [-0.05, 0) is 38.1 Å². The predicted octanol–water partition coefficient (Wildman–Crippen LogP) is 2.17. The number of likely N-dealkylation sites (tertiary alicyclic amines) is 1. The van der Waals surface area contributed by atoms with Crippen LogP contribution in [0, 0.1) is 11.3 Å². The fourth-order valence-corrected chi connectivity index (χ4v) is 2.58. The van der Waals surface area contributed by atoms with Crippen LogP contribution < -0.4 is 5.32 Å². The van der Waals surface area contributed by atoms with Crippen LogP contribution in [0.2, 0.25) is 0 Å². The average molecular weight is 322 g/mol. The number of amides is 1. The summed E-state index contributed by atoms with van der Waals surface area (Å²) >= 11 is 3.34. The van der Waals surface area contributed by atoms with E-state index in [-0.39, 0.29) is 5.91 Å². The summed E-state index contributed by atoms with van der Waals surface area (Å²) in [6.45, 7) is 1.65. The third-order valence-corrected chi connectivity index (χ3v) is 3.99. The van der Waals surface area contributed by atoms with Crippen LogP contribution in [0.1, 0.15) is 23.2 Å². The van der Waals surface area contributed by atoms with Crippen molar-refractivity contribution in [3.8, 4) is 6.07 Å². The fraction of sp³-hybridized carbons (Fsp3) is 0.429. The topological polar surface area (TPSA) is 56.1 Å². The molecule has 1 aromatic rings. The second kappa shape index (κ2) is 5.72. The molecule has 1 aromatic carbocycles. The highest BCUT2D eigenvalue weighted by atomic mass is 79.9. The van der Waals surface area contributed by atoms with E-state index in [4.69, 9.17) is 0 Å². The number of carbonyl (C=O) groups is 1. The molecule has 1 fully saturated rings. The van der Waals surface area contributed by atoms with E-state index < -0.39 is 5.54 Å². The lowest BCUT2D eigenvalue weighted by atomic mass is 9.89. The molecule has 100 valence electrons. The number of nitriles is 1. The van der Waals surface area contributed by atoms with Gasteiger partial charge in [-0.15, -0.1) is 0 Å². The van der Waals surface area contributed by atoms with Crippen molar-refractivity contribution in [3.63, 3.8) is 0 Å². The predicted molar refractivity (Wildman–Crippen MR) is 76.7 cm³/mol. The Balaban J connectivity index is 2.11. The van der Waals surface area contributed by atoms with Gasteiger partial charge in [-0.1, -0.05) is 22.0 Å². The van der Waals surface area contributed by atoms with E-state index in [9.17, 15) is 10.1 Å². The van der Waals surface area contributed by atoms with Crippen LogP contribution in [0.25, 0.3) is 0 Å². The molecular weight excluding hydrogens is 306 g/mol. The molecule has 4 nitrogen and oxygen atoms in total. The van der Waals surface area contributed by atoms with Crippen LogP contribution in [0.15, 0.2) is 28.7 Å². The molecule has 1 N–H and O–H groups in total. The quantitative estimate of drug-likeness (QED) is 0.908. The number of piperidine rings is 1. The number of carbonyl (C=O) groups excluding carboxylic acids is 1. The number of hydrogen-bond acceptors (Lipinski definition) is 3. The standard InChI is InChI=1S/C14H16BrN3O/c1-18-7-5-14(10-16,6-8-18)17-13(19)11-3-2-4-12(15)9-11/h2-4,9H,5-8H2,1H3,(H,17,19). The molecule has 1 heterocycles. The second-order valence-corrected chi connectivity index (χ2v) is 5.88. The Bertz CT molecular complexity index is 516. The van der Waals surface area contributed by atoms with Gasteiger partial charge in [0, 0.05) is 23.1 Å². The van der Waals surface area contributed by atoms with Gasteiger partial charge >= 0.3 is 0 Å². The number of halogens is 1. The van der Waals surface area contributed by atoms with Gasteiger partial charge < -0.3 is 10.2 Å². The SMILES string of the molecule is CN1CCC(C#N)(NC(=O)c2cccc(Br)c2)CC1. The highest BCUT2D eigenvalue weighted by Gasteiger charge is 2.35. The summed E-state index contributed by atoms with van der Waals surface area (Å²) in [7, 11) is 2.03. The lowest BCUT2D eigenvalue weighted by molar-refractivity contribution is 0.0882. The van der Waals surface area contributed by atoms with E-state index in [2.05, 4.69) is 32.2 Å². The molecule has 1 amide bonds. The molecular formula is C14H16BrN3O. The first-order valence-corrected chi connectivity index (χ1v) is 7.02. The van der Waals surface area contributed by atoms with Gasteiger partial charge in [-0.3, -0.25) is 4.79 Å².